The number of rotatable bonds is 6. The van der Waals surface area contributed by atoms with Gasteiger partial charge in [0.1, 0.15) is 0 Å². The molecule has 1 N–H and O–H groups in total. The quantitative estimate of drug-likeness (QED) is 0.209. The molecule has 30 heavy (non-hydrogen) atoms. The summed E-state index contributed by atoms with van der Waals surface area (Å²) in [5, 5.41) is 7.69. The maximum Gasteiger partial charge on any atom is 0.345 e. The number of ether oxygens (including phenoxy) is 1. The van der Waals surface area contributed by atoms with E-state index in [4.69, 9.17) is 9.15 Å². The number of benzene rings is 2. The van der Waals surface area contributed by atoms with Crippen LogP contribution < -0.4 is 15.8 Å². The van der Waals surface area contributed by atoms with Crippen molar-refractivity contribution in [1.82, 2.24) is 4.98 Å². The van der Waals surface area contributed by atoms with E-state index in [9.17, 15) is 4.79 Å². The number of nitrogens with zero attached hydrogens (tertiary/aromatic N) is 2. The lowest BCUT2D eigenvalue weighted by molar-refractivity contribution is 0.337. The Kier molecular flexibility index (Phi) is 5.96. The molecule has 0 spiro atoms. The van der Waals surface area contributed by atoms with Crippen LogP contribution in [0.5, 0.6) is 5.75 Å². The van der Waals surface area contributed by atoms with Crippen molar-refractivity contribution in [2.24, 2.45) is 5.10 Å². The highest BCUT2D eigenvalue weighted by Crippen LogP contribution is 2.27. The molecular weight excluding hydrogens is 466 g/mol. The van der Waals surface area contributed by atoms with Gasteiger partial charge in [-0.15, -0.1) is 11.3 Å². The van der Waals surface area contributed by atoms with Crippen LogP contribution in [0, 0.1) is 0 Å². The number of aromatic nitrogens is 1. The van der Waals surface area contributed by atoms with Gasteiger partial charge in [0.2, 0.25) is 5.13 Å². The average molecular weight is 484 g/mol. The van der Waals surface area contributed by atoms with Gasteiger partial charge in [-0.05, 0) is 38.1 Å². The summed E-state index contributed by atoms with van der Waals surface area (Å²) in [6.07, 6.45) is 0. The van der Waals surface area contributed by atoms with Crippen LogP contribution in [0.15, 0.2) is 72.7 Å². The fourth-order valence-electron chi connectivity index (χ4n) is 2.91. The summed E-state index contributed by atoms with van der Waals surface area (Å²) in [5.74, 6) is 0.551. The molecule has 0 aliphatic rings. The molecule has 2 heterocycles. The third-order valence-corrected chi connectivity index (χ3v) is 5.65. The summed E-state index contributed by atoms with van der Waals surface area (Å²) in [4.78, 5) is 17.1. The van der Waals surface area contributed by atoms with Crippen molar-refractivity contribution in [1.29, 1.82) is 0 Å². The minimum atomic E-state index is -0.465. The number of thiazole rings is 1. The summed E-state index contributed by atoms with van der Waals surface area (Å²) >= 11 is 4.87. The molecule has 0 aliphatic carbocycles. The summed E-state index contributed by atoms with van der Waals surface area (Å²) in [7, 11) is 0. The molecule has 0 aliphatic heterocycles. The minimum absolute atomic E-state index is 0.383. The first-order valence-corrected chi connectivity index (χ1v) is 10.9. The van der Waals surface area contributed by atoms with Crippen molar-refractivity contribution in [3.05, 3.63) is 74.4 Å². The van der Waals surface area contributed by atoms with Crippen LogP contribution in [0.3, 0.4) is 0 Å². The van der Waals surface area contributed by atoms with Gasteiger partial charge in [-0.25, -0.2) is 9.78 Å². The number of hydrazone groups is 1. The first-order chi connectivity index (χ1) is 14.5. The van der Waals surface area contributed by atoms with Crippen molar-refractivity contribution < 1.29 is 9.15 Å². The first-order valence-electron chi connectivity index (χ1n) is 9.27. The van der Waals surface area contributed by atoms with Crippen molar-refractivity contribution in [2.45, 2.75) is 13.8 Å². The van der Waals surface area contributed by atoms with Crippen molar-refractivity contribution in [3.63, 3.8) is 0 Å². The molecule has 8 heteroatoms. The third kappa shape index (κ3) is 4.29. The van der Waals surface area contributed by atoms with Gasteiger partial charge in [-0.3, -0.25) is 5.43 Å². The minimum Gasteiger partial charge on any atom is -0.490 e. The maximum atomic E-state index is 12.5. The Balaban J connectivity index is 1.58. The van der Waals surface area contributed by atoms with Gasteiger partial charge in [0.15, 0.2) is 11.3 Å². The Labute approximate surface area is 185 Å². The van der Waals surface area contributed by atoms with E-state index in [0.29, 0.717) is 34.3 Å². The highest BCUT2D eigenvalue weighted by Gasteiger charge is 2.12. The number of para-hydroxylation sites is 1. The van der Waals surface area contributed by atoms with Crippen molar-refractivity contribution >= 4 is 49.1 Å². The Morgan fingerprint density at radius 2 is 2.07 bits per heavy atom. The van der Waals surface area contributed by atoms with E-state index < -0.39 is 5.63 Å². The van der Waals surface area contributed by atoms with E-state index in [-0.39, 0.29) is 0 Å². The second-order valence-corrected chi connectivity index (χ2v) is 8.18. The van der Waals surface area contributed by atoms with Crippen molar-refractivity contribution in [2.75, 3.05) is 12.0 Å². The second kappa shape index (κ2) is 8.81. The number of anilines is 1. The zero-order chi connectivity index (χ0) is 21.1. The maximum absolute atomic E-state index is 12.5. The molecule has 2 aromatic heterocycles. The molecule has 2 aromatic carbocycles. The smallest absolute Gasteiger partial charge is 0.345 e. The topological polar surface area (TPSA) is 76.7 Å². The Hall–Kier alpha value is -2.97. The fourth-order valence-corrected chi connectivity index (χ4v) is 3.84. The normalized spacial score (nSPS) is 11.6. The summed E-state index contributed by atoms with van der Waals surface area (Å²) in [5.41, 5.74) is 5.67. The highest BCUT2D eigenvalue weighted by molar-refractivity contribution is 9.10. The largest absolute Gasteiger partial charge is 0.490 e. The molecule has 0 fully saturated rings. The molecule has 152 valence electrons. The molecule has 6 nitrogen and oxygen atoms in total. The molecule has 0 radical (unpaired) electrons. The molecule has 0 saturated heterocycles. The molecule has 0 amide bonds. The van der Waals surface area contributed by atoms with E-state index >= 15 is 0 Å². The number of hydrogen-bond acceptors (Lipinski definition) is 7. The van der Waals surface area contributed by atoms with E-state index in [0.717, 1.165) is 21.1 Å². The van der Waals surface area contributed by atoms with Crippen LogP contribution in [-0.4, -0.2) is 17.3 Å². The number of halogens is 1. The zero-order valence-electron chi connectivity index (χ0n) is 16.3. The molecule has 4 aromatic rings. The van der Waals surface area contributed by atoms with Crippen LogP contribution in [0.4, 0.5) is 5.13 Å². The predicted octanol–water partition coefficient (Wildman–Crippen LogP) is 5.91. The lowest BCUT2D eigenvalue weighted by Crippen LogP contribution is -2.13. The van der Waals surface area contributed by atoms with Gasteiger partial charge in [0, 0.05) is 20.8 Å². The lowest BCUT2D eigenvalue weighted by Gasteiger charge is -2.07. The lowest BCUT2D eigenvalue weighted by atomic mass is 10.1. The third-order valence-electron chi connectivity index (χ3n) is 4.38. The predicted molar refractivity (Wildman–Crippen MR) is 125 cm³/mol. The van der Waals surface area contributed by atoms with Crippen LogP contribution in [0.2, 0.25) is 0 Å². The van der Waals surface area contributed by atoms with Crippen LogP contribution in [0.1, 0.15) is 19.4 Å². The van der Waals surface area contributed by atoms with E-state index in [2.05, 4.69) is 31.4 Å². The monoisotopic (exact) mass is 483 g/mol. The number of hydrogen-bond donors (Lipinski definition) is 1. The van der Waals surface area contributed by atoms with E-state index in [1.165, 1.54) is 11.3 Å². The van der Waals surface area contributed by atoms with Gasteiger partial charge in [-0.1, -0.05) is 40.2 Å². The molecular formula is C22H18BrN3O3S. The fraction of sp³-hybridized carbons (Fsp3) is 0.136. The Morgan fingerprint density at radius 1 is 1.27 bits per heavy atom. The molecule has 0 bridgehead atoms. The van der Waals surface area contributed by atoms with Crippen LogP contribution >= 0.6 is 27.3 Å². The van der Waals surface area contributed by atoms with Gasteiger partial charge < -0.3 is 9.15 Å². The van der Waals surface area contributed by atoms with Crippen LogP contribution in [0.25, 0.3) is 22.2 Å². The SMILES string of the molecule is CCOc1cccc2cc(/C(C)=N/Nc3nc(-c4ccc(Br)cc4)cs3)c(=O)oc12. The van der Waals surface area contributed by atoms with E-state index in [1.54, 1.807) is 19.1 Å². The van der Waals surface area contributed by atoms with Gasteiger partial charge in [0.05, 0.1) is 23.6 Å². The molecule has 4 rings (SSSR count). The Morgan fingerprint density at radius 3 is 2.83 bits per heavy atom. The highest BCUT2D eigenvalue weighted by atomic mass is 79.9. The van der Waals surface area contributed by atoms with Crippen LogP contribution in [-0.2, 0) is 0 Å². The number of fused-ring (bicyclic) bond motifs is 1. The Bertz CT molecular complexity index is 1280. The van der Waals surface area contributed by atoms with Crippen molar-refractivity contribution in [3.8, 4) is 17.0 Å². The summed E-state index contributed by atoms with van der Waals surface area (Å²) in [6, 6.07) is 15.2. The standard InChI is InChI=1S/C22H18BrN3O3S/c1-3-28-19-6-4-5-15-11-17(21(27)29-20(15)19)13(2)25-26-22-24-18(12-30-22)14-7-9-16(23)10-8-14/h4-12H,3H2,1-2H3,(H,24,26)/b25-13+. The van der Waals surface area contributed by atoms with Gasteiger partial charge in [-0.2, -0.15) is 5.10 Å². The molecule has 0 saturated carbocycles. The molecule has 0 atom stereocenters. The first kappa shape index (κ1) is 20.3. The summed E-state index contributed by atoms with van der Waals surface area (Å²) < 4.78 is 12.1. The zero-order valence-corrected chi connectivity index (χ0v) is 18.7. The second-order valence-electron chi connectivity index (χ2n) is 6.41. The van der Waals surface area contributed by atoms with Gasteiger partial charge >= 0.3 is 5.63 Å². The number of nitrogens with one attached hydrogen (secondary N) is 1. The van der Waals surface area contributed by atoms with Gasteiger partial charge in [0.25, 0.3) is 0 Å². The summed E-state index contributed by atoms with van der Waals surface area (Å²) in [6.45, 7) is 4.13. The van der Waals surface area contributed by atoms with E-state index in [1.807, 2.05) is 48.7 Å². The molecule has 0 unspecified atom stereocenters. The average Bonchev–Trinajstić information content (AvgIpc) is 3.22.